The number of fused-ring (bicyclic) bond motifs is 1. The quantitative estimate of drug-likeness (QED) is 0.839. The summed E-state index contributed by atoms with van der Waals surface area (Å²) in [5.74, 6) is 0.253. The normalized spacial score (nSPS) is 13.8. The first-order valence-corrected chi connectivity index (χ1v) is 8.06. The molecule has 0 fully saturated rings. The van der Waals surface area contributed by atoms with Crippen LogP contribution in [0.4, 0.5) is 5.69 Å². The topological polar surface area (TPSA) is 20.3 Å². The minimum atomic E-state index is 0.253. The molecule has 2 aromatic carbocycles. The van der Waals surface area contributed by atoms with Gasteiger partial charge in [-0.3, -0.25) is 0 Å². The van der Waals surface area contributed by atoms with Crippen LogP contribution < -0.4 is 4.90 Å². The summed E-state index contributed by atoms with van der Waals surface area (Å²) in [5, 5.41) is 0. The number of ketones is 1. The summed E-state index contributed by atoms with van der Waals surface area (Å²) in [6.45, 7) is 2.80. The van der Waals surface area contributed by atoms with E-state index in [9.17, 15) is 4.79 Å². The van der Waals surface area contributed by atoms with E-state index in [1.165, 1.54) is 40.8 Å². The van der Waals surface area contributed by atoms with Crippen molar-refractivity contribution in [2.75, 3.05) is 18.5 Å². The Morgan fingerprint density at radius 2 is 1.82 bits per heavy atom. The molecule has 0 aromatic heterocycles. The molecule has 1 heterocycles. The van der Waals surface area contributed by atoms with Crippen LogP contribution >= 0.6 is 0 Å². The van der Waals surface area contributed by atoms with Crippen molar-refractivity contribution in [3.05, 3.63) is 53.6 Å². The highest BCUT2D eigenvalue weighted by Gasteiger charge is 2.14. The monoisotopic (exact) mass is 293 g/mol. The molecule has 0 spiro atoms. The van der Waals surface area contributed by atoms with Crippen molar-refractivity contribution in [1.82, 2.24) is 0 Å². The molecule has 2 aromatic rings. The number of rotatable bonds is 4. The molecule has 1 aliphatic rings. The van der Waals surface area contributed by atoms with Gasteiger partial charge in [0.1, 0.15) is 5.78 Å². The van der Waals surface area contributed by atoms with Crippen molar-refractivity contribution in [3.63, 3.8) is 0 Å². The van der Waals surface area contributed by atoms with Crippen molar-refractivity contribution < 1.29 is 4.79 Å². The Morgan fingerprint density at radius 1 is 1.09 bits per heavy atom. The molecule has 0 unspecified atom stereocenters. The van der Waals surface area contributed by atoms with Gasteiger partial charge in [0, 0.05) is 25.7 Å². The highest BCUT2D eigenvalue weighted by molar-refractivity contribution is 5.75. The van der Waals surface area contributed by atoms with Crippen molar-refractivity contribution in [3.8, 4) is 11.1 Å². The number of carbonyl (C=O) groups is 1. The van der Waals surface area contributed by atoms with Crippen molar-refractivity contribution in [2.24, 2.45) is 0 Å². The number of carbonyl (C=O) groups excluding carboxylic acids is 1. The summed E-state index contributed by atoms with van der Waals surface area (Å²) in [6, 6.07) is 15.4. The molecule has 0 bridgehead atoms. The lowest BCUT2D eigenvalue weighted by molar-refractivity contribution is -0.116. The Bertz CT molecular complexity index is 673. The molecule has 0 atom stereocenters. The lowest BCUT2D eigenvalue weighted by Crippen LogP contribution is -2.24. The lowest BCUT2D eigenvalue weighted by atomic mass is 9.95. The van der Waals surface area contributed by atoms with Gasteiger partial charge in [-0.15, -0.1) is 0 Å². The van der Waals surface area contributed by atoms with Gasteiger partial charge in [-0.05, 0) is 60.6 Å². The number of hydrogen-bond acceptors (Lipinski definition) is 2. The number of Topliss-reactive ketones (excluding diaryl/α,β-unsaturated/α-hetero) is 1. The third kappa shape index (κ3) is 3.22. The van der Waals surface area contributed by atoms with E-state index < -0.39 is 0 Å². The maximum Gasteiger partial charge on any atom is 0.130 e. The largest absolute Gasteiger partial charge is 0.374 e. The molecule has 3 rings (SSSR count). The zero-order valence-corrected chi connectivity index (χ0v) is 13.4. The standard InChI is InChI=1S/C20H23NO/c1-15(22)5-6-16-7-9-17(10-8-16)18-11-12-20-19(14-18)4-3-13-21(20)2/h7-12,14H,3-6,13H2,1-2H3. The van der Waals surface area contributed by atoms with Crippen LogP contribution in [0.15, 0.2) is 42.5 Å². The van der Waals surface area contributed by atoms with E-state index >= 15 is 0 Å². The fourth-order valence-electron chi connectivity index (χ4n) is 3.15. The molecule has 2 nitrogen and oxygen atoms in total. The van der Waals surface area contributed by atoms with Crippen LogP contribution in [0, 0.1) is 0 Å². The van der Waals surface area contributed by atoms with Crippen LogP contribution in [-0.4, -0.2) is 19.4 Å². The van der Waals surface area contributed by atoms with Crippen LogP contribution in [0.1, 0.15) is 30.9 Å². The predicted octanol–water partition coefficient (Wildman–Crippen LogP) is 4.26. The fraction of sp³-hybridized carbons (Fsp3) is 0.350. The van der Waals surface area contributed by atoms with E-state index in [4.69, 9.17) is 0 Å². The fourth-order valence-corrected chi connectivity index (χ4v) is 3.15. The molecule has 0 N–H and O–H groups in total. The summed E-state index contributed by atoms with van der Waals surface area (Å²) >= 11 is 0. The second-order valence-electron chi connectivity index (χ2n) is 6.27. The molecule has 2 heteroatoms. The van der Waals surface area contributed by atoms with Crippen LogP contribution in [0.5, 0.6) is 0 Å². The van der Waals surface area contributed by atoms with E-state index in [1.807, 2.05) is 0 Å². The van der Waals surface area contributed by atoms with Gasteiger partial charge >= 0.3 is 0 Å². The Balaban J connectivity index is 1.81. The van der Waals surface area contributed by atoms with Crippen molar-refractivity contribution in [2.45, 2.75) is 32.6 Å². The molecule has 0 radical (unpaired) electrons. The Kier molecular flexibility index (Phi) is 4.28. The Hall–Kier alpha value is -2.09. The first kappa shape index (κ1) is 14.8. The maximum absolute atomic E-state index is 11.1. The SMILES string of the molecule is CC(=O)CCc1ccc(-c2ccc3c(c2)CCCN3C)cc1. The maximum atomic E-state index is 11.1. The summed E-state index contributed by atoms with van der Waals surface area (Å²) in [4.78, 5) is 13.4. The van der Waals surface area contributed by atoms with Crippen LogP contribution in [0.2, 0.25) is 0 Å². The number of hydrogen-bond donors (Lipinski definition) is 0. The van der Waals surface area contributed by atoms with Gasteiger partial charge in [0.2, 0.25) is 0 Å². The van der Waals surface area contributed by atoms with Gasteiger partial charge in [0.05, 0.1) is 0 Å². The van der Waals surface area contributed by atoms with Gasteiger partial charge < -0.3 is 9.69 Å². The van der Waals surface area contributed by atoms with Crippen LogP contribution in [0.25, 0.3) is 11.1 Å². The number of nitrogens with zero attached hydrogens (tertiary/aromatic N) is 1. The zero-order chi connectivity index (χ0) is 15.5. The van der Waals surface area contributed by atoms with Crippen molar-refractivity contribution in [1.29, 1.82) is 0 Å². The van der Waals surface area contributed by atoms with Crippen LogP contribution in [-0.2, 0) is 17.6 Å². The van der Waals surface area contributed by atoms with Gasteiger partial charge in [0.25, 0.3) is 0 Å². The average Bonchev–Trinajstić information content (AvgIpc) is 2.53. The zero-order valence-electron chi connectivity index (χ0n) is 13.4. The first-order valence-electron chi connectivity index (χ1n) is 8.06. The third-order valence-corrected chi connectivity index (χ3v) is 4.48. The number of aryl methyl sites for hydroxylation is 2. The first-order chi connectivity index (χ1) is 10.6. The summed E-state index contributed by atoms with van der Waals surface area (Å²) in [7, 11) is 2.17. The molecule has 0 saturated heterocycles. The van der Waals surface area contributed by atoms with E-state index in [-0.39, 0.29) is 5.78 Å². The Morgan fingerprint density at radius 3 is 2.55 bits per heavy atom. The minimum Gasteiger partial charge on any atom is -0.374 e. The molecule has 0 aliphatic carbocycles. The molecule has 0 amide bonds. The van der Waals surface area contributed by atoms with Gasteiger partial charge in [-0.25, -0.2) is 0 Å². The second-order valence-corrected chi connectivity index (χ2v) is 6.27. The van der Waals surface area contributed by atoms with E-state index in [0.29, 0.717) is 6.42 Å². The summed E-state index contributed by atoms with van der Waals surface area (Å²) < 4.78 is 0. The third-order valence-electron chi connectivity index (χ3n) is 4.48. The molecule has 1 aliphatic heterocycles. The summed E-state index contributed by atoms with van der Waals surface area (Å²) in [5.41, 5.74) is 6.59. The van der Waals surface area contributed by atoms with E-state index in [0.717, 1.165) is 13.0 Å². The highest BCUT2D eigenvalue weighted by atomic mass is 16.1. The minimum absolute atomic E-state index is 0.253. The summed E-state index contributed by atoms with van der Waals surface area (Å²) in [6.07, 6.45) is 3.87. The van der Waals surface area contributed by atoms with Crippen molar-refractivity contribution >= 4 is 11.5 Å². The second kappa shape index (κ2) is 6.35. The van der Waals surface area contributed by atoms with Crippen LogP contribution in [0.3, 0.4) is 0 Å². The highest BCUT2D eigenvalue weighted by Crippen LogP contribution is 2.31. The molecular formula is C20H23NO. The van der Waals surface area contributed by atoms with E-state index in [1.54, 1.807) is 6.92 Å². The number of anilines is 1. The predicted molar refractivity (Wildman–Crippen MR) is 92.5 cm³/mol. The molecule has 22 heavy (non-hydrogen) atoms. The van der Waals surface area contributed by atoms with E-state index in [2.05, 4.69) is 54.4 Å². The number of benzene rings is 2. The van der Waals surface area contributed by atoms with Gasteiger partial charge in [-0.1, -0.05) is 30.3 Å². The Labute approximate surface area is 132 Å². The smallest absolute Gasteiger partial charge is 0.130 e. The molecular weight excluding hydrogens is 270 g/mol. The molecule has 0 saturated carbocycles. The van der Waals surface area contributed by atoms with Gasteiger partial charge in [0.15, 0.2) is 0 Å². The average molecular weight is 293 g/mol. The van der Waals surface area contributed by atoms with Gasteiger partial charge in [-0.2, -0.15) is 0 Å². The molecule has 114 valence electrons. The lowest BCUT2D eigenvalue weighted by Gasteiger charge is -2.27.